The number of carbonyl (C=O) groups is 1. The number of piperidine rings is 1. The quantitative estimate of drug-likeness (QED) is 0.794. The molecule has 7 heteroatoms. The van der Waals surface area contributed by atoms with E-state index >= 15 is 0 Å². The van der Waals surface area contributed by atoms with Gasteiger partial charge in [-0.15, -0.1) is 11.8 Å². The summed E-state index contributed by atoms with van der Waals surface area (Å²) in [6, 6.07) is 16.0. The molecule has 1 saturated heterocycles. The minimum Gasteiger partial charge on any atom is -0.326 e. The van der Waals surface area contributed by atoms with Crippen LogP contribution in [0.3, 0.4) is 0 Å². The molecule has 1 aliphatic rings. The number of sulfonamides is 1. The fourth-order valence-electron chi connectivity index (χ4n) is 3.03. The zero-order valence-electron chi connectivity index (χ0n) is 14.6. The summed E-state index contributed by atoms with van der Waals surface area (Å²) in [6.45, 7) is 0.662. The van der Waals surface area contributed by atoms with E-state index in [9.17, 15) is 13.2 Å². The molecule has 0 saturated carbocycles. The fourth-order valence-corrected chi connectivity index (χ4v) is 4.99. The van der Waals surface area contributed by atoms with Gasteiger partial charge in [0.1, 0.15) is 0 Å². The first-order chi connectivity index (χ1) is 12.5. The molecule has 0 spiro atoms. The lowest BCUT2D eigenvalue weighted by Gasteiger charge is -2.31. The van der Waals surface area contributed by atoms with Gasteiger partial charge in [-0.2, -0.15) is 4.31 Å². The molecule has 0 aliphatic carbocycles. The highest BCUT2D eigenvalue weighted by Gasteiger charge is 2.33. The molecule has 1 fully saturated rings. The van der Waals surface area contributed by atoms with Crippen molar-refractivity contribution < 1.29 is 13.2 Å². The van der Waals surface area contributed by atoms with Gasteiger partial charge in [0.25, 0.3) is 0 Å². The second kappa shape index (κ2) is 8.24. The summed E-state index contributed by atoms with van der Waals surface area (Å²) in [6.07, 6.45) is 3.36. The number of thioether (sulfide) groups is 1. The third-order valence-corrected chi connectivity index (χ3v) is 7.12. The second-order valence-corrected chi connectivity index (χ2v) is 9.05. The van der Waals surface area contributed by atoms with Gasteiger partial charge in [-0.25, -0.2) is 8.42 Å². The largest absolute Gasteiger partial charge is 0.326 e. The summed E-state index contributed by atoms with van der Waals surface area (Å²) in [7, 11) is -3.56. The molecule has 0 aromatic heterocycles. The van der Waals surface area contributed by atoms with E-state index in [0.717, 1.165) is 10.6 Å². The zero-order valence-corrected chi connectivity index (χ0v) is 16.2. The number of benzene rings is 2. The normalized spacial score (nSPS) is 18.4. The van der Waals surface area contributed by atoms with Crippen LogP contribution in [-0.2, 0) is 14.8 Å². The lowest BCUT2D eigenvalue weighted by Crippen LogP contribution is -2.43. The second-order valence-electron chi connectivity index (χ2n) is 6.23. The van der Waals surface area contributed by atoms with Gasteiger partial charge in [-0.1, -0.05) is 18.2 Å². The van der Waals surface area contributed by atoms with E-state index in [0.29, 0.717) is 19.4 Å². The van der Waals surface area contributed by atoms with E-state index in [2.05, 4.69) is 5.32 Å². The molecule has 2 aromatic rings. The van der Waals surface area contributed by atoms with Gasteiger partial charge >= 0.3 is 0 Å². The molecule has 1 amide bonds. The molecule has 1 atom stereocenters. The van der Waals surface area contributed by atoms with Crippen LogP contribution >= 0.6 is 11.8 Å². The fraction of sp³-hybridized carbons (Fsp3) is 0.316. The van der Waals surface area contributed by atoms with Crippen LogP contribution in [0, 0.1) is 5.92 Å². The maximum Gasteiger partial charge on any atom is 0.243 e. The number of hydrogen-bond donors (Lipinski definition) is 1. The Morgan fingerprint density at radius 3 is 2.46 bits per heavy atom. The first-order valence-electron chi connectivity index (χ1n) is 8.51. The van der Waals surface area contributed by atoms with E-state index in [1.54, 1.807) is 42.1 Å². The van der Waals surface area contributed by atoms with Gasteiger partial charge in [0, 0.05) is 23.7 Å². The standard InChI is InChI=1S/C19H22N2O3S2/c1-25-17-11-9-16(10-12-17)20-19(22)15-6-5-13-21(14-15)26(23,24)18-7-3-2-4-8-18/h2-4,7-12,15H,5-6,13-14H2,1H3,(H,20,22). The minimum absolute atomic E-state index is 0.130. The van der Waals surface area contributed by atoms with Gasteiger partial charge in [-0.05, 0) is 55.5 Å². The van der Waals surface area contributed by atoms with Crippen molar-refractivity contribution in [3.8, 4) is 0 Å². The summed E-state index contributed by atoms with van der Waals surface area (Å²) < 4.78 is 27.0. The SMILES string of the molecule is CSc1ccc(NC(=O)C2CCCN(S(=O)(=O)c3ccccc3)C2)cc1. The van der Waals surface area contributed by atoms with Crippen molar-refractivity contribution in [3.05, 3.63) is 54.6 Å². The van der Waals surface area contributed by atoms with Gasteiger partial charge in [0.15, 0.2) is 0 Å². The van der Waals surface area contributed by atoms with Crippen LogP contribution in [0.25, 0.3) is 0 Å². The van der Waals surface area contributed by atoms with Gasteiger partial charge in [0.2, 0.25) is 15.9 Å². The van der Waals surface area contributed by atoms with Crippen molar-refractivity contribution in [2.75, 3.05) is 24.7 Å². The van der Waals surface area contributed by atoms with Crippen molar-refractivity contribution in [1.29, 1.82) is 0 Å². The number of rotatable bonds is 5. The lowest BCUT2D eigenvalue weighted by molar-refractivity contribution is -0.120. The molecule has 1 aliphatic heterocycles. The summed E-state index contributed by atoms with van der Waals surface area (Å²) in [4.78, 5) is 14.0. The van der Waals surface area contributed by atoms with Crippen molar-refractivity contribution in [2.24, 2.45) is 5.92 Å². The number of carbonyl (C=O) groups excluding carboxylic acids is 1. The highest BCUT2D eigenvalue weighted by Crippen LogP contribution is 2.25. The van der Waals surface area contributed by atoms with Crippen molar-refractivity contribution in [2.45, 2.75) is 22.6 Å². The van der Waals surface area contributed by atoms with Crippen LogP contribution in [0.1, 0.15) is 12.8 Å². The monoisotopic (exact) mass is 390 g/mol. The Hall–Kier alpha value is -1.83. The van der Waals surface area contributed by atoms with Crippen LogP contribution in [0.5, 0.6) is 0 Å². The molecular weight excluding hydrogens is 368 g/mol. The van der Waals surface area contributed by atoms with Crippen molar-refractivity contribution >= 4 is 33.4 Å². The van der Waals surface area contributed by atoms with Crippen molar-refractivity contribution in [1.82, 2.24) is 4.31 Å². The van der Waals surface area contributed by atoms with E-state index < -0.39 is 10.0 Å². The van der Waals surface area contributed by atoms with Crippen LogP contribution in [-0.4, -0.2) is 38.0 Å². The Bertz CT molecular complexity index is 852. The maximum absolute atomic E-state index is 12.8. The van der Waals surface area contributed by atoms with Crippen LogP contribution in [0.15, 0.2) is 64.4 Å². The number of nitrogens with one attached hydrogen (secondary N) is 1. The Kier molecular flexibility index (Phi) is 6.01. The van der Waals surface area contributed by atoms with Crippen molar-refractivity contribution in [3.63, 3.8) is 0 Å². The van der Waals surface area contributed by atoms with Crippen LogP contribution in [0.4, 0.5) is 5.69 Å². The molecule has 138 valence electrons. The van der Waals surface area contributed by atoms with E-state index in [4.69, 9.17) is 0 Å². The van der Waals surface area contributed by atoms with Gasteiger partial charge in [-0.3, -0.25) is 4.79 Å². The molecule has 0 radical (unpaired) electrons. The lowest BCUT2D eigenvalue weighted by atomic mass is 9.99. The number of hydrogen-bond acceptors (Lipinski definition) is 4. The van der Waals surface area contributed by atoms with Gasteiger partial charge < -0.3 is 5.32 Å². The minimum atomic E-state index is -3.56. The predicted octanol–water partition coefficient (Wildman–Crippen LogP) is 3.45. The first-order valence-corrected chi connectivity index (χ1v) is 11.2. The molecular formula is C19H22N2O3S2. The molecule has 1 heterocycles. The third-order valence-electron chi connectivity index (χ3n) is 4.49. The molecule has 1 N–H and O–H groups in total. The molecule has 5 nitrogen and oxygen atoms in total. The van der Waals surface area contributed by atoms with Gasteiger partial charge in [0.05, 0.1) is 10.8 Å². The van der Waals surface area contributed by atoms with E-state index in [1.165, 1.54) is 4.31 Å². The molecule has 0 bridgehead atoms. The van der Waals surface area contributed by atoms with Crippen LogP contribution < -0.4 is 5.32 Å². The average Bonchev–Trinajstić information content (AvgIpc) is 2.69. The maximum atomic E-state index is 12.8. The highest BCUT2D eigenvalue weighted by molar-refractivity contribution is 7.98. The summed E-state index contributed by atoms with van der Waals surface area (Å²) in [5.41, 5.74) is 0.732. The number of amides is 1. The number of nitrogens with zero attached hydrogens (tertiary/aromatic N) is 1. The zero-order chi connectivity index (χ0) is 18.6. The third kappa shape index (κ3) is 4.28. The highest BCUT2D eigenvalue weighted by atomic mass is 32.2. The molecule has 3 rings (SSSR count). The summed E-state index contributed by atoms with van der Waals surface area (Å²) in [5, 5.41) is 2.91. The molecule has 26 heavy (non-hydrogen) atoms. The van der Waals surface area contributed by atoms with E-state index in [1.807, 2.05) is 30.5 Å². The Morgan fingerprint density at radius 2 is 1.81 bits per heavy atom. The average molecular weight is 391 g/mol. The summed E-state index contributed by atoms with van der Waals surface area (Å²) >= 11 is 1.64. The smallest absolute Gasteiger partial charge is 0.243 e. The van der Waals surface area contributed by atoms with Crippen LogP contribution in [0.2, 0.25) is 0 Å². The Labute approximate surface area is 158 Å². The molecule has 2 aromatic carbocycles. The predicted molar refractivity (Wildman–Crippen MR) is 105 cm³/mol. The number of anilines is 1. The first kappa shape index (κ1) is 18.9. The summed E-state index contributed by atoms with van der Waals surface area (Å²) in [5.74, 6) is -0.475. The molecule has 1 unspecified atom stereocenters. The Morgan fingerprint density at radius 1 is 1.12 bits per heavy atom. The Balaban J connectivity index is 1.68. The van der Waals surface area contributed by atoms with E-state index in [-0.39, 0.29) is 23.3 Å². The topological polar surface area (TPSA) is 66.5 Å².